The summed E-state index contributed by atoms with van der Waals surface area (Å²) in [5, 5.41) is 7.33. The van der Waals surface area contributed by atoms with Gasteiger partial charge in [0.2, 0.25) is 0 Å². The first-order valence-corrected chi connectivity index (χ1v) is 7.43. The Hall–Kier alpha value is -1.95. The van der Waals surface area contributed by atoms with Gasteiger partial charge in [0, 0.05) is 18.9 Å². The van der Waals surface area contributed by atoms with Gasteiger partial charge < -0.3 is 11.1 Å². The van der Waals surface area contributed by atoms with Crippen molar-refractivity contribution in [1.82, 2.24) is 19.9 Å². The van der Waals surface area contributed by atoms with Crippen molar-refractivity contribution in [1.29, 1.82) is 0 Å². The quantitative estimate of drug-likeness (QED) is 0.892. The minimum absolute atomic E-state index is 0.113. The highest BCUT2D eigenvalue weighted by atomic mass is 16.1. The number of hydrogen-bond acceptors (Lipinski definition) is 4. The van der Waals surface area contributed by atoms with Crippen molar-refractivity contribution >= 4 is 11.4 Å². The Morgan fingerprint density at radius 3 is 2.95 bits per heavy atom. The van der Waals surface area contributed by atoms with Crippen LogP contribution < -0.4 is 11.1 Å². The van der Waals surface area contributed by atoms with Gasteiger partial charge in [-0.3, -0.25) is 9.78 Å². The molecule has 6 heteroatoms. The molecule has 1 saturated carbocycles. The maximum Gasteiger partial charge on any atom is 0.255 e. The molecule has 0 spiro atoms. The van der Waals surface area contributed by atoms with Crippen molar-refractivity contribution in [3.05, 3.63) is 30.4 Å². The Labute approximate surface area is 123 Å². The summed E-state index contributed by atoms with van der Waals surface area (Å²) < 4.78 is 1.65. The molecule has 3 rings (SSSR count). The molecular formula is C15H21N5O. The van der Waals surface area contributed by atoms with Gasteiger partial charge in [-0.15, -0.1) is 0 Å². The fourth-order valence-electron chi connectivity index (χ4n) is 3.01. The second-order valence-corrected chi connectivity index (χ2v) is 6.09. The molecule has 21 heavy (non-hydrogen) atoms. The number of nitrogens with two attached hydrogens (primary N) is 1. The van der Waals surface area contributed by atoms with E-state index in [4.69, 9.17) is 5.73 Å². The molecule has 1 amide bonds. The Morgan fingerprint density at radius 2 is 2.24 bits per heavy atom. The maximum atomic E-state index is 12.6. The zero-order valence-corrected chi connectivity index (χ0v) is 12.2. The molecule has 2 aromatic rings. The van der Waals surface area contributed by atoms with E-state index < -0.39 is 0 Å². The van der Waals surface area contributed by atoms with Crippen molar-refractivity contribution in [2.75, 3.05) is 6.54 Å². The third-order valence-electron chi connectivity index (χ3n) is 4.57. The van der Waals surface area contributed by atoms with Gasteiger partial charge in [-0.2, -0.15) is 5.10 Å². The standard InChI is InChI=1S/C15H21N5O/c1-11-2-4-15(10-16,5-3-11)19-14(21)12-8-18-20-7-6-17-9-13(12)20/h6-9,11H,2-5,10,16H2,1H3,(H,19,21). The summed E-state index contributed by atoms with van der Waals surface area (Å²) in [5.41, 5.74) is 6.94. The van der Waals surface area contributed by atoms with Gasteiger partial charge in [-0.25, -0.2) is 4.52 Å². The van der Waals surface area contributed by atoms with E-state index in [-0.39, 0.29) is 11.4 Å². The summed E-state index contributed by atoms with van der Waals surface area (Å²) in [6.07, 6.45) is 10.7. The number of carbonyl (C=O) groups excluding carboxylic acids is 1. The lowest BCUT2D eigenvalue weighted by atomic mass is 9.77. The maximum absolute atomic E-state index is 12.6. The first-order chi connectivity index (χ1) is 10.1. The molecule has 6 nitrogen and oxygen atoms in total. The van der Waals surface area contributed by atoms with Gasteiger partial charge in [0.25, 0.3) is 5.91 Å². The van der Waals surface area contributed by atoms with Crippen molar-refractivity contribution in [2.45, 2.75) is 38.1 Å². The molecule has 112 valence electrons. The van der Waals surface area contributed by atoms with Gasteiger partial charge in [-0.1, -0.05) is 6.92 Å². The number of aromatic nitrogens is 3. The predicted octanol–water partition coefficient (Wildman–Crippen LogP) is 1.37. The Bertz CT molecular complexity index is 642. The first kappa shape index (κ1) is 14.0. The van der Waals surface area contributed by atoms with Crippen LogP contribution in [0.4, 0.5) is 0 Å². The van der Waals surface area contributed by atoms with Crippen molar-refractivity contribution < 1.29 is 4.79 Å². The summed E-state index contributed by atoms with van der Waals surface area (Å²) >= 11 is 0. The molecule has 0 radical (unpaired) electrons. The number of rotatable bonds is 3. The van der Waals surface area contributed by atoms with Crippen LogP contribution in [0.15, 0.2) is 24.8 Å². The minimum atomic E-state index is -0.278. The zero-order chi connectivity index (χ0) is 14.9. The highest BCUT2D eigenvalue weighted by molar-refractivity contribution is 6.00. The third-order valence-corrected chi connectivity index (χ3v) is 4.57. The van der Waals surface area contributed by atoms with E-state index in [0.29, 0.717) is 23.5 Å². The summed E-state index contributed by atoms with van der Waals surface area (Å²) in [5.74, 6) is 0.598. The number of carbonyl (C=O) groups is 1. The second kappa shape index (κ2) is 5.44. The molecule has 0 atom stereocenters. The number of nitrogens with zero attached hydrogens (tertiary/aromatic N) is 3. The van der Waals surface area contributed by atoms with E-state index in [2.05, 4.69) is 22.3 Å². The summed E-state index contributed by atoms with van der Waals surface area (Å²) in [4.78, 5) is 16.6. The van der Waals surface area contributed by atoms with Gasteiger partial charge >= 0.3 is 0 Å². The van der Waals surface area contributed by atoms with Crippen molar-refractivity contribution in [3.63, 3.8) is 0 Å². The highest BCUT2D eigenvalue weighted by Crippen LogP contribution is 2.31. The smallest absolute Gasteiger partial charge is 0.255 e. The van der Waals surface area contributed by atoms with Crippen LogP contribution in [-0.4, -0.2) is 32.6 Å². The number of amides is 1. The van der Waals surface area contributed by atoms with Crippen molar-refractivity contribution in [3.8, 4) is 0 Å². The van der Waals surface area contributed by atoms with Gasteiger partial charge in [0.1, 0.15) is 0 Å². The molecule has 0 aliphatic heterocycles. The van der Waals surface area contributed by atoms with Gasteiger partial charge in [0.05, 0.1) is 29.0 Å². The average Bonchev–Trinajstić information content (AvgIpc) is 2.94. The predicted molar refractivity (Wildman–Crippen MR) is 79.9 cm³/mol. The van der Waals surface area contributed by atoms with E-state index >= 15 is 0 Å². The SMILES string of the molecule is CC1CCC(CN)(NC(=O)c2cnn3ccncc23)CC1. The topological polar surface area (TPSA) is 85.3 Å². The summed E-state index contributed by atoms with van der Waals surface area (Å²) in [6.45, 7) is 2.72. The van der Waals surface area contributed by atoms with Crippen LogP contribution in [0, 0.1) is 5.92 Å². The van der Waals surface area contributed by atoms with E-state index in [9.17, 15) is 4.79 Å². The van der Waals surface area contributed by atoms with Crippen LogP contribution in [0.3, 0.4) is 0 Å². The third kappa shape index (κ3) is 2.63. The van der Waals surface area contributed by atoms with E-state index in [1.54, 1.807) is 29.3 Å². The minimum Gasteiger partial charge on any atom is -0.345 e. The second-order valence-electron chi connectivity index (χ2n) is 6.09. The summed E-state index contributed by atoms with van der Waals surface area (Å²) in [7, 11) is 0. The zero-order valence-electron chi connectivity index (χ0n) is 12.2. The van der Waals surface area contributed by atoms with E-state index in [1.807, 2.05) is 0 Å². The van der Waals surface area contributed by atoms with Gasteiger partial charge in [-0.05, 0) is 31.6 Å². The fourth-order valence-corrected chi connectivity index (χ4v) is 3.01. The number of fused-ring (bicyclic) bond motifs is 1. The van der Waals surface area contributed by atoms with Crippen LogP contribution in [0.2, 0.25) is 0 Å². The van der Waals surface area contributed by atoms with Crippen LogP contribution in [-0.2, 0) is 0 Å². The van der Waals surface area contributed by atoms with E-state index in [1.165, 1.54) is 0 Å². The molecule has 1 aliphatic carbocycles. The lowest BCUT2D eigenvalue weighted by Crippen LogP contribution is -2.55. The first-order valence-electron chi connectivity index (χ1n) is 7.43. The fraction of sp³-hybridized carbons (Fsp3) is 0.533. The molecule has 1 fully saturated rings. The van der Waals surface area contributed by atoms with Crippen LogP contribution >= 0.6 is 0 Å². The summed E-state index contributed by atoms with van der Waals surface area (Å²) in [6, 6.07) is 0. The van der Waals surface area contributed by atoms with Gasteiger partial charge in [0.15, 0.2) is 0 Å². The molecule has 2 heterocycles. The largest absolute Gasteiger partial charge is 0.345 e. The molecule has 2 aromatic heterocycles. The normalized spacial score (nSPS) is 25.9. The molecule has 0 unspecified atom stereocenters. The lowest BCUT2D eigenvalue weighted by molar-refractivity contribution is 0.0861. The average molecular weight is 287 g/mol. The Morgan fingerprint density at radius 1 is 1.48 bits per heavy atom. The van der Waals surface area contributed by atoms with Crippen LogP contribution in [0.25, 0.3) is 5.52 Å². The molecule has 0 saturated heterocycles. The number of hydrogen-bond donors (Lipinski definition) is 2. The molecule has 0 aromatic carbocycles. The lowest BCUT2D eigenvalue weighted by Gasteiger charge is -2.39. The molecule has 3 N–H and O–H groups in total. The number of nitrogens with one attached hydrogen (secondary N) is 1. The van der Waals surface area contributed by atoms with E-state index in [0.717, 1.165) is 25.7 Å². The van der Waals surface area contributed by atoms with Crippen LogP contribution in [0.5, 0.6) is 0 Å². The molecule has 1 aliphatic rings. The van der Waals surface area contributed by atoms with Crippen LogP contribution in [0.1, 0.15) is 43.0 Å². The molecular weight excluding hydrogens is 266 g/mol. The monoisotopic (exact) mass is 287 g/mol. The highest BCUT2D eigenvalue weighted by Gasteiger charge is 2.35. The molecule has 0 bridgehead atoms. The van der Waals surface area contributed by atoms with Crippen molar-refractivity contribution in [2.24, 2.45) is 11.7 Å². The Kier molecular flexibility index (Phi) is 3.63. The Balaban J connectivity index is 1.82.